The standard InChI is InChI=1S/C11H23N5O3S/c1-20(17,18)14-11-12-9-16(10-13-11)4-2-3-15-5-7-19-8-6-15/h2-10H2,1H3,(H2,12,13,14). The SMILES string of the molecule is CS(=O)(=O)NC1=NCN(CCCN2CCOCC2)CN1. The van der Waals surface area contributed by atoms with E-state index in [9.17, 15) is 8.42 Å². The van der Waals surface area contributed by atoms with Crippen molar-refractivity contribution in [2.24, 2.45) is 4.99 Å². The first-order chi connectivity index (χ1) is 9.53. The summed E-state index contributed by atoms with van der Waals surface area (Å²) >= 11 is 0. The lowest BCUT2D eigenvalue weighted by molar-refractivity contribution is 0.0360. The molecule has 0 saturated carbocycles. The van der Waals surface area contributed by atoms with Gasteiger partial charge in [0.15, 0.2) is 0 Å². The number of ether oxygens (including phenoxy) is 1. The van der Waals surface area contributed by atoms with Gasteiger partial charge in [-0.15, -0.1) is 0 Å². The van der Waals surface area contributed by atoms with E-state index in [0.29, 0.717) is 19.3 Å². The van der Waals surface area contributed by atoms with Gasteiger partial charge in [-0.2, -0.15) is 0 Å². The first kappa shape index (κ1) is 15.5. The van der Waals surface area contributed by atoms with Gasteiger partial charge in [0.25, 0.3) is 0 Å². The topological polar surface area (TPSA) is 86.3 Å². The molecule has 2 rings (SSSR count). The van der Waals surface area contributed by atoms with Gasteiger partial charge in [0.1, 0.15) is 0 Å². The molecule has 0 unspecified atom stereocenters. The summed E-state index contributed by atoms with van der Waals surface area (Å²) < 4.78 is 29.8. The third-order valence-corrected chi connectivity index (χ3v) is 3.80. The second-order valence-corrected chi connectivity index (χ2v) is 6.81. The predicted octanol–water partition coefficient (Wildman–Crippen LogP) is -1.57. The van der Waals surface area contributed by atoms with Crippen LogP contribution in [0.1, 0.15) is 6.42 Å². The Balaban J connectivity index is 1.64. The molecular weight excluding hydrogens is 282 g/mol. The Morgan fingerprint density at radius 1 is 1.30 bits per heavy atom. The monoisotopic (exact) mass is 305 g/mol. The van der Waals surface area contributed by atoms with Crippen LogP contribution in [0.3, 0.4) is 0 Å². The first-order valence-electron chi connectivity index (χ1n) is 6.81. The van der Waals surface area contributed by atoms with Crippen molar-refractivity contribution in [3.63, 3.8) is 0 Å². The van der Waals surface area contributed by atoms with E-state index >= 15 is 0 Å². The van der Waals surface area contributed by atoms with E-state index in [2.05, 4.69) is 24.8 Å². The van der Waals surface area contributed by atoms with Gasteiger partial charge in [-0.25, -0.2) is 13.4 Å². The van der Waals surface area contributed by atoms with Gasteiger partial charge in [-0.1, -0.05) is 0 Å². The van der Waals surface area contributed by atoms with E-state index < -0.39 is 10.0 Å². The van der Waals surface area contributed by atoms with Gasteiger partial charge in [-0.05, 0) is 13.0 Å². The number of rotatable bonds is 5. The van der Waals surface area contributed by atoms with E-state index in [1.165, 1.54) is 0 Å². The zero-order valence-electron chi connectivity index (χ0n) is 11.8. The van der Waals surface area contributed by atoms with Crippen LogP contribution in [0.25, 0.3) is 0 Å². The normalized spacial score (nSPS) is 22.1. The van der Waals surface area contributed by atoms with Gasteiger partial charge in [0, 0.05) is 19.6 Å². The lowest BCUT2D eigenvalue weighted by atomic mass is 10.3. The summed E-state index contributed by atoms with van der Waals surface area (Å²) in [5, 5.41) is 2.97. The average molecular weight is 305 g/mol. The zero-order valence-corrected chi connectivity index (χ0v) is 12.7. The van der Waals surface area contributed by atoms with Crippen LogP contribution in [0.15, 0.2) is 4.99 Å². The summed E-state index contributed by atoms with van der Waals surface area (Å²) in [6.07, 6.45) is 2.19. The molecule has 8 nitrogen and oxygen atoms in total. The van der Waals surface area contributed by atoms with Crippen molar-refractivity contribution in [3.05, 3.63) is 0 Å². The molecule has 116 valence electrons. The highest BCUT2D eigenvalue weighted by atomic mass is 32.2. The van der Waals surface area contributed by atoms with E-state index in [-0.39, 0.29) is 0 Å². The highest BCUT2D eigenvalue weighted by Gasteiger charge is 2.15. The van der Waals surface area contributed by atoms with Crippen molar-refractivity contribution in [1.29, 1.82) is 0 Å². The highest BCUT2D eigenvalue weighted by molar-refractivity contribution is 7.89. The Morgan fingerprint density at radius 3 is 2.60 bits per heavy atom. The molecule has 2 N–H and O–H groups in total. The molecule has 0 spiro atoms. The smallest absolute Gasteiger partial charge is 0.232 e. The minimum absolute atomic E-state index is 0.330. The Morgan fingerprint density at radius 2 is 2.00 bits per heavy atom. The number of nitrogens with zero attached hydrogens (tertiary/aromatic N) is 3. The number of aliphatic imine (C=N–C) groups is 1. The van der Waals surface area contributed by atoms with Crippen molar-refractivity contribution in [2.75, 3.05) is 59.0 Å². The maximum Gasteiger partial charge on any atom is 0.232 e. The Hall–Kier alpha value is -0.900. The molecule has 0 amide bonds. The molecule has 0 radical (unpaired) electrons. The molecule has 0 aromatic carbocycles. The third-order valence-electron chi connectivity index (χ3n) is 3.23. The number of sulfonamides is 1. The quantitative estimate of drug-likeness (QED) is 0.638. The fourth-order valence-corrected chi connectivity index (χ4v) is 2.69. The maximum atomic E-state index is 11.1. The lowest BCUT2D eigenvalue weighted by Crippen LogP contribution is -2.50. The second kappa shape index (κ2) is 7.21. The van der Waals surface area contributed by atoms with Gasteiger partial charge in [-0.3, -0.25) is 14.5 Å². The maximum absolute atomic E-state index is 11.1. The largest absolute Gasteiger partial charge is 0.379 e. The van der Waals surface area contributed by atoms with Gasteiger partial charge < -0.3 is 10.1 Å². The third kappa shape index (κ3) is 5.61. The number of guanidine groups is 1. The highest BCUT2D eigenvalue weighted by Crippen LogP contribution is 2.01. The summed E-state index contributed by atoms with van der Waals surface area (Å²) in [4.78, 5) is 8.72. The number of nitrogens with one attached hydrogen (secondary N) is 2. The molecule has 0 atom stereocenters. The molecule has 2 aliphatic heterocycles. The second-order valence-electron chi connectivity index (χ2n) is 5.06. The van der Waals surface area contributed by atoms with Gasteiger partial charge >= 0.3 is 0 Å². The van der Waals surface area contributed by atoms with Crippen LogP contribution in [-0.2, 0) is 14.8 Å². The van der Waals surface area contributed by atoms with Crippen molar-refractivity contribution in [2.45, 2.75) is 6.42 Å². The van der Waals surface area contributed by atoms with Gasteiger partial charge in [0.2, 0.25) is 16.0 Å². The molecule has 0 aliphatic carbocycles. The zero-order chi connectivity index (χ0) is 14.4. The summed E-state index contributed by atoms with van der Waals surface area (Å²) in [5.74, 6) is 0.330. The van der Waals surface area contributed by atoms with Crippen molar-refractivity contribution in [1.82, 2.24) is 19.8 Å². The molecule has 2 heterocycles. The van der Waals surface area contributed by atoms with Crippen LogP contribution in [0.5, 0.6) is 0 Å². The Kier molecular flexibility index (Phi) is 5.58. The first-order valence-corrected chi connectivity index (χ1v) is 8.71. The van der Waals surface area contributed by atoms with Crippen LogP contribution >= 0.6 is 0 Å². The summed E-state index contributed by atoms with van der Waals surface area (Å²) in [6, 6.07) is 0. The van der Waals surface area contributed by atoms with Crippen molar-refractivity contribution in [3.8, 4) is 0 Å². The van der Waals surface area contributed by atoms with E-state index in [4.69, 9.17) is 4.74 Å². The lowest BCUT2D eigenvalue weighted by Gasteiger charge is -2.29. The fraction of sp³-hybridized carbons (Fsp3) is 0.909. The molecular formula is C11H23N5O3S. The van der Waals surface area contributed by atoms with E-state index in [1.54, 1.807) is 0 Å². The van der Waals surface area contributed by atoms with Crippen LogP contribution in [-0.4, -0.2) is 83.2 Å². The number of hydrogen-bond donors (Lipinski definition) is 2. The predicted molar refractivity (Wildman–Crippen MR) is 76.9 cm³/mol. The summed E-state index contributed by atoms with van der Waals surface area (Å²) in [5.41, 5.74) is 0. The van der Waals surface area contributed by atoms with E-state index in [1.807, 2.05) is 0 Å². The average Bonchev–Trinajstić information content (AvgIpc) is 2.40. The molecule has 20 heavy (non-hydrogen) atoms. The minimum Gasteiger partial charge on any atom is -0.379 e. The Labute approximate surface area is 120 Å². The molecule has 1 saturated heterocycles. The Bertz CT molecular complexity index is 433. The molecule has 0 aromatic rings. The molecule has 1 fully saturated rings. The fourth-order valence-electron chi connectivity index (χ4n) is 2.20. The van der Waals surface area contributed by atoms with Gasteiger partial charge in [0.05, 0.1) is 32.8 Å². The van der Waals surface area contributed by atoms with Crippen molar-refractivity contribution >= 4 is 16.0 Å². The van der Waals surface area contributed by atoms with Crippen molar-refractivity contribution < 1.29 is 13.2 Å². The number of morpholine rings is 1. The molecule has 9 heteroatoms. The van der Waals surface area contributed by atoms with Crippen LogP contribution < -0.4 is 10.0 Å². The van der Waals surface area contributed by atoms with E-state index in [0.717, 1.165) is 52.1 Å². The van der Waals surface area contributed by atoms with Crippen LogP contribution in [0, 0.1) is 0 Å². The number of hydrogen-bond acceptors (Lipinski definition) is 7. The summed E-state index contributed by atoms with van der Waals surface area (Å²) in [7, 11) is -3.25. The minimum atomic E-state index is -3.25. The molecule has 2 aliphatic rings. The molecule has 0 bridgehead atoms. The summed E-state index contributed by atoms with van der Waals surface area (Å²) in [6.45, 7) is 6.83. The van der Waals surface area contributed by atoms with Crippen LogP contribution in [0.2, 0.25) is 0 Å². The van der Waals surface area contributed by atoms with Crippen LogP contribution in [0.4, 0.5) is 0 Å². The molecule has 0 aromatic heterocycles.